The number of anilines is 1. The molecule has 2 aromatic rings. The molecule has 4 aliphatic rings. The first-order valence-corrected chi connectivity index (χ1v) is 13.2. The summed E-state index contributed by atoms with van der Waals surface area (Å²) in [4.78, 5) is 55.9. The first-order chi connectivity index (χ1) is 18.3. The van der Waals surface area contributed by atoms with Crippen molar-refractivity contribution in [3.8, 4) is 6.07 Å². The molecule has 0 saturated carbocycles. The van der Waals surface area contributed by atoms with E-state index in [1.165, 1.54) is 0 Å². The molecular weight excluding hydrogens is 506 g/mol. The third kappa shape index (κ3) is 4.00. The van der Waals surface area contributed by atoms with Crippen LogP contribution in [0.5, 0.6) is 0 Å². The Bertz CT molecular complexity index is 1420. The van der Waals surface area contributed by atoms with Gasteiger partial charge in [-0.15, -0.1) is 0 Å². The highest BCUT2D eigenvalue weighted by Crippen LogP contribution is 2.45. The first kappa shape index (κ1) is 24.4. The zero-order valence-electron chi connectivity index (χ0n) is 20.7. The Kier molecular flexibility index (Phi) is 5.88. The lowest BCUT2D eigenvalue weighted by Crippen LogP contribution is -2.61. The molecule has 6 rings (SSSR count). The van der Waals surface area contributed by atoms with Crippen molar-refractivity contribution in [1.82, 2.24) is 15.1 Å². The third-order valence-corrected chi connectivity index (χ3v) is 8.73. The smallest absolute Gasteiger partial charge is 0.255 e. The first-order valence-electron chi connectivity index (χ1n) is 12.8. The second-order valence-corrected chi connectivity index (χ2v) is 11.1. The number of benzene rings is 2. The molecule has 1 unspecified atom stereocenters. The largest absolute Gasteiger partial charge is 0.370 e. The second kappa shape index (κ2) is 9.14. The normalized spacial score (nSPS) is 22.2. The summed E-state index contributed by atoms with van der Waals surface area (Å²) in [5, 5.41) is 11.9. The number of piperidine rings is 2. The Morgan fingerprint density at radius 1 is 1.11 bits per heavy atom. The number of amides is 4. The molecule has 0 radical (unpaired) electrons. The number of nitrogens with zero attached hydrogens (tertiary/aromatic N) is 4. The molecule has 1 N–H and O–H groups in total. The van der Waals surface area contributed by atoms with Crippen LogP contribution in [0.3, 0.4) is 0 Å². The van der Waals surface area contributed by atoms with E-state index in [-0.39, 0.29) is 29.6 Å². The Balaban J connectivity index is 1.11. The van der Waals surface area contributed by atoms with Crippen molar-refractivity contribution in [2.24, 2.45) is 5.41 Å². The third-order valence-electron chi connectivity index (χ3n) is 8.40. The van der Waals surface area contributed by atoms with E-state index < -0.39 is 11.9 Å². The van der Waals surface area contributed by atoms with Gasteiger partial charge in [-0.25, -0.2) is 0 Å². The number of hydrogen-bond acceptors (Lipinski definition) is 6. The van der Waals surface area contributed by atoms with E-state index >= 15 is 0 Å². The zero-order valence-corrected chi connectivity index (χ0v) is 21.5. The summed E-state index contributed by atoms with van der Waals surface area (Å²) in [6, 6.07) is 11.9. The number of carbonyl (C=O) groups is 4. The van der Waals surface area contributed by atoms with Crippen LogP contribution in [0.15, 0.2) is 36.4 Å². The Labute approximate surface area is 224 Å². The van der Waals surface area contributed by atoms with Gasteiger partial charge in [0.05, 0.1) is 10.6 Å². The highest BCUT2D eigenvalue weighted by atomic mass is 35.5. The van der Waals surface area contributed by atoms with Crippen molar-refractivity contribution in [3.63, 3.8) is 0 Å². The number of rotatable bonds is 3. The van der Waals surface area contributed by atoms with Crippen LogP contribution in [0.25, 0.3) is 0 Å². The van der Waals surface area contributed by atoms with Crippen molar-refractivity contribution < 1.29 is 19.2 Å². The molecule has 4 amide bonds. The number of imide groups is 1. The van der Waals surface area contributed by atoms with Crippen LogP contribution in [0.1, 0.15) is 57.5 Å². The van der Waals surface area contributed by atoms with Crippen molar-refractivity contribution in [2.75, 3.05) is 31.1 Å². The van der Waals surface area contributed by atoms with Gasteiger partial charge in [0.15, 0.2) is 0 Å². The molecule has 0 bridgehead atoms. The fraction of sp³-hybridized carbons (Fsp3) is 0.393. The van der Waals surface area contributed by atoms with Crippen molar-refractivity contribution in [1.29, 1.82) is 5.26 Å². The predicted molar refractivity (Wildman–Crippen MR) is 138 cm³/mol. The topological polar surface area (TPSA) is 114 Å². The number of fused-ring (bicyclic) bond motifs is 1. The van der Waals surface area contributed by atoms with E-state index in [4.69, 9.17) is 11.6 Å². The molecule has 0 aromatic heterocycles. The van der Waals surface area contributed by atoms with E-state index in [9.17, 15) is 24.4 Å². The number of nitrogens with one attached hydrogen (secondary N) is 1. The molecule has 194 valence electrons. The van der Waals surface area contributed by atoms with E-state index in [1.54, 1.807) is 29.2 Å². The predicted octanol–water partition coefficient (Wildman–Crippen LogP) is 2.72. The van der Waals surface area contributed by atoms with Gasteiger partial charge < -0.3 is 14.7 Å². The molecule has 2 aromatic carbocycles. The van der Waals surface area contributed by atoms with Crippen molar-refractivity contribution in [3.05, 3.63) is 63.7 Å². The number of carbonyl (C=O) groups excluding carboxylic acids is 4. The van der Waals surface area contributed by atoms with Crippen molar-refractivity contribution in [2.45, 2.75) is 38.3 Å². The standard InChI is InChI=1S/C28H26ClN5O4/c29-21-5-4-17(12-18(21)13-30)26(37)32-10-8-28(9-11-32)15-33(16-28)22-3-1-2-19-20(22)14-34(27(19)38)23-6-7-24(35)31-25(23)36/h1-5,12,23H,6-11,14-16H2,(H,31,35,36). The Hall–Kier alpha value is -3.90. The quantitative estimate of drug-likeness (QED) is 0.609. The summed E-state index contributed by atoms with van der Waals surface area (Å²) in [5.74, 6) is -0.956. The lowest BCUT2D eigenvalue weighted by atomic mass is 9.71. The van der Waals surface area contributed by atoms with Crippen LogP contribution in [0.4, 0.5) is 5.69 Å². The van der Waals surface area contributed by atoms with Crippen LogP contribution in [0, 0.1) is 16.7 Å². The highest BCUT2D eigenvalue weighted by Gasteiger charge is 2.47. The zero-order chi connectivity index (χ0) is 26.6. The van der Waals surface area contributed by atoms with Gasteiger partial charge in [-0.05, 0) is 49.6 Å². The van der Waals surface area contributed by atoms with Gasteiger partial charge in [-0.1, -0.05) is 17.7 Å². The minimum atomic E-state index is -0.630. The summed E-state index contributed by atoms with van der Waals surface area (Å²) in [5.41, 5.74) is 3.45. The maximum Gasteiger partial charge on any atom is 0.255 e. The maximum atomic E-state index is 13.2. The summed E-state index contributed by atoms with van der Waals surface area (Å²) >= 11 is 6.01. The van der Waals surface area contributed by atoms with Crippen LogP contribution in [-0.4, -0.2) is 65.6 Å². The number of halogens is 1. The number of nitriles is 1. The number of hydrogen-bond donors (Lipinski definition) is 1. The monoisotopic (exact) mass is 531 g/mol. The molecular formula is C28H26ClN5O4. The SMILES string of the molecule is N#Cc1cc(C(=O)N2CCC3(CC2)CN(c2cccc4c2CN(C2CCC(=O)NC2=O)C4=O)C3)ccc1Cl. The highest BCUT2D eigenvalue weighted by molar-refractivity contribution is 6.31. The molecule has 1 atom stereocenters. The molecule has 1 spiro atoms. The summed E-state index contributed by atoms with van der Waals surface area (Å²) in [6.07, 6.45) is 2.33. The van der Waals surface area contributed by atoms with E-state index in [1.807, 2.05) is 23.1 Å². The van der Waals surface area contributed by atoms with E-state index in [2.05, 4.69) is 10.2 Å². The molecule has 0 aliphatic carbocycles. The molecule has 3 fully saturated rings. The fourth-order valence-electron chi connectivity index (χ4n) is 6.23. The van der Waals surface area contributed by atoms with Gasteiger partial charge in [0.2, 0.25) is 11.8 Å². The average Bonchev–Trinajstić information content (AvgIpc) is 3.23. The molecule has 38 heavy (non-hydrogen) atoms. The van der Waals surface area contributed by atoms with Crippen LogP contribution in [-0.2, 0) is 16.1 Å². The van der Waals surface area contributed by atoms with Crippen LogP contribution in [0.2, 0.25) is 5.02 Å². The number of likely N-dealkylation sites (tertiary alicyclic amines) is 1. The summed E-state index contributed by atoms with van der Waals surface area (Å²) in [7, 11) is 0. The molecule has 3 saturated heterocycles. The van der Waals surface area contributed by atoms with Gasteiger partial charge >= 0.3 is 0 Å². The Morgan fingerprint density at radius 2 is 1.87 bits per heavy atom. The Morgan fingerprint density at radius 3 is 2.58 bits per heavy atom. The minimum absolute atomic E-state index is 0.0860. The van der Waals surface area contributed by atoms with E-state index in [0.717, 1.165) is 37.2 Å². The molecule has 10 heteroatoms. The van der Waals surface area contributed by atoms with Gasteiger partial charge in [0, 0.05) is 66.9 Å². The van der Waals surface area contributed by atoms with Crippen molar-refractivity contribution >= 4 is 40.9 Å². The summed E-state index contributed by atoms with van der Waals surface area (Å²) < 4.78 is 0. The van der Waals surface area contributed by atoms with E-state index in [0.29, 0.717) is 47.8 Å². The van der Waals surface area contributed by atoms with Gasteiger partial charge in [-0.2, -0.15) is 5.26 Å². The second-order valence-electron chi connectivity index (χ2n) is 10.7. The lowest BCUT2D eigenvalue weighted by Gasteiger charge is -2.55. The molecule has 4 heterocycles. The average molecular weight is 532 g/mol. The van der Waals surface area contributed by atoms with Gasteiger partial charge in [0.1, 0.15) is 12.1 Å². The molecule has 4 aliphatic heterocycles. The van der Waals surface area contributed by atoms with Crippen LogP contribution >= 0.6 is 11.6 Å². The van der Waals surface area contributed by atoms with Gasteiger partial charge in [-0.3, -0.25) is 24.5 Å². The summed E-state index contributed by atoms with van der Waals surface area (Å²) in [6.45, 7) is 3.33. The minimum Gasteiger partial charge on any atom is -0.370 e. The maximum absolute atomic E-state index is 13.2. The van der Waals surface area contributed by atoms with Gasteiger partial charge in [0.25, 0.3) is 11.8 Å². The fourth-order valence-corrected chi connectivity index (χ4v) is 6.39. The molecule has 9 nitrogen and oxygen atoms in total. The lowest BCUT2D eigenvalue weighted by molar-refractivity contribution is -0.136. The van der Waals surface area contributed by atoms with Crippen LogP contribution < -0.4 is 10.2 Å².